The first-order valence-corrected chi connectivity index (χ1v) is 12.9. The van der Waals surface area contributed by atoms with Crippen LogP contribution in [-0.4, -0.2) is 19.1 Å². The summed E-state index contributed by atoms with van der Waals surface area (Å²) in [5, 5.41) is 4.87. The van der Waals surface area contributed by atoms with Crippen molar-refractivity contribution in [1.29, 1.82) is 0 Å². The Balaban J connectivity index is 1.47. The van der Waals surface area contributed by atoms with E-state index in [2.05, 4.69) is 17.4 Å². The van der Waals surface area contributed by atoms with Crippen LogP contribution in [0.1, 0.15) is 28.7 Å². The summed E-state index contributed by atoms with van der Waals surface area (Å²) in [5.74, 6) is 0.0763. The minimum absolute atomic E-state index is 0.113. The number of rotatable bonds is 11. The van der Waals surface area contributed by atoms with Crippen LogP contribution >= 0.6 is 46.4 Å². The van der Waals surface area contributed by atoms with Crippen LogP contribution in [0.25, 0.3) is 0 Å². The average molecular weight is 554 g/mol. The van der Waals surface area contributed by atoms with Gasteiger partial charge in [0.1, 0.15) is 0 Å². The summed E-state index contributed by atoms with van der Waals surface area (Å²) >= 11 is 24.7. The predicted octanol–water partition coefficient (Wildman–Crippen LogP) is 7.05. The molecule has 8 heteroatoms. The van der Waals surface area contributed by atoms with E-state index in [-0.39, 0.29) is 18.4 Å². The van der Waals surface area contributed by atoms with Crippen LogP contribution in [0.5, 0.6) is 5.75 Å². The number of hydrogen-bond acceptors (Lipinski definition) is 3. The van der Waals surface area contributed by atoms with Gasteiger partial charge in [0.05, 0.1) is 32.6 Å². The summed E-state index contributed by atoms with van der Waals surface area (Å²) in [7, 11) is 0. The fraction of sp³-hybridized carbons (Fsp3) is 0.296. The quantitative estimate of drug-likeness (QED) is 0.250. The van der Waals surface area contributed by atoms with Crippen molar-refractivity contribution in [1.82, 2.24) is 5.32 Å². The highest BCUT2D eigenvalue weighted by Crippen LogP contribution is 2.34. The number of nitrogens with one attached hydrogen (secondary N) is 1. The van der Waals surface area contributed by atoms with Crippen molar-refractivity contribution in [2.24, 2.45) is 11.7 Å². The van der Waals surface area contributed by atoms with Crippen LogP contribution in [0.4, 0.5) is 0 Å². The molecule has 3 rings (SSSR count). The average Bonchev–Trinajstić information content (AvgIpc) is 2.83. The second-order valence-corrected chi connectivity index (χ2v) is 9.99. The summed E-state index contributed by atoms with van der Waals surface area (Å²) in [4.78, 5) is 12.7. The number of halogens is 4. The summed E-state index contributed by atoms with van der Waals surface area (Å²) in [6.45, 7) is 2.99. The first-order valence-electron chi connectivity index (χ1n) is 11.4. The molecule has 0 aliphatic rings. The molecule has 3 N–H and O–H groups in total. The molecule has 3 aromatic rings. The molecule has 1 amide bonds. The van der Waals surface area contributed by atoms with Crippen molar-refractivity contribution in [3.63, 3.8) is 0 Å². The molecule has 35 heavy (non-hydrogen) atoms. The summed E-state index contributed by atoms with van der Waals surface area (Å²) in [6.07, 6.45) is 2.22. The first kappa shape index (κ1) is 27.6. The monoisotopic (exact) mass is 552 g/mol. The van der Waals surface area contributed by atoms with Gasteiger partial charge in [0.15, 0.2) is 5.75 Å². The van der Waals surface area contributed by atoms with E-state index in [9.17, 15) is 4.79 Å². The molecule has 1 unspecified atom stereocenters. The second kappa shape index (κ2) is 13.4. The van der Waals surface area contributed by atoms with Crippen molar-refractivity contribution in [3.05, 3.63) is 96.9 Å². The number of carbonyl (C=O) groups is 1. The number of aryl methyl sites for hydroxylation is 2. The van der Waals surface area contributed by atoms with Crippen LogP contribution in [0.2, 0.25) is 20.1 Å². The zero-order chi connectivity index (χ0) is 25.4. The summed E-state index contributed by atoms with van der Waals surface area (Å²) < 4.78 is 5.79. The molecule has 0 spiro atoms. The maximum atomic E-state index is 12.7. The van der Waals surface area contributed by atoms with Gasteiger partial charge in [-0.25, -0.2) is 0 Å². The van der Waals surface area contributed by atoms with E-state index in [1.807, 2.05) is 37.3 Å². The molecule has 0 aromatic heterocycles. The smallest absolute Gasteiger partial charge is 0.224 e. The van der Waals surface area contributed by atoms with Crippen molar-refractivity contribution in [2.75, 3.05) is 13.2 Å². The lowest BCUT2D eigenvalue weighted by atomic mass is 9.97. The number of nitrogens with two attached hydrogens (primary N) is 1. The largest absolute Gasteiger partial charge is 0.490 e. The van der Waals surface area contributed by atoms with Crippen LogP contribution in [-0.2, 0) is 24.2 Å². The van der Waals surface area contributed by atoms with Gasteiger partial charge in [-0.3, -0.25) is 4.79 Å². The molecule has 0 fully saturated rings. The molecule has 0 aliphatic heterocycles. The number of benzene rings is 3. The predicted molar refractivity (Wildman–Crippen MR) is 146 cm³/mol. The Morgan fingerprint density at radius 3 is 2.29 bits per heavy atom. The molecular formula is C27H28Cl4N2O2. The van der Waals surface area contributed by atoms with Crippen LogP contribution in [0.3, 0.4) is 0 Å². The molecule has 0 saturated heterocycles. The minimum Gasteiger partial charge on any atom is -0.490 e. The Hall–Kier alpha value is -1.95. The van der Waals surface area contributed by atoms with Gasteiger partial charge in [-0.15, -0.1) is 0 Å². The Morgan fingerprint density at radius 2 is 1.63 bits per heavy atom. The van der Waals surface area contributed by atoms with Gasteiger partial charge in [0.25, 0.3) is 0 Å². The Bertz CT molecular complexity index is 1130. The lowest BCUT2D eigenvalue weighted by Gasteiger charge is -2.16. The van der Waals surface area contributed by atoms with E-state index in [0.717, 1.165) is 29.5 Å². The SMILES string of the molecule is Cc1cc(Cl)c(OCCCc2ccc(CC(CN)C(=O)NCc3cccc(Cl)c3Cl)cc2)c(Cl)c1. The van der Waals surface area contributed by atoms with Gasteiger partial charge < -0.3 is 15.8 Å². The molecule has 0 bridgehead atoms. The first-order chi connectivity index (χ1) is 16.8. The molecule has 0 heterocycles. The molecule has 0 radical (unpaired) electrons. The van der Waals surface area contributed by atoms with Crippen LogP contribution in [0.15, 0.2) is 54.6 Å². The van der Waals surface area contributed by atoms with Gasteiger partial charge in [0.2, 0.25) is 5.91 Å². The van der Waals surface area contributed by atoms with Crippen LogP contribution in [0, 0.1) is 12.8 Å². The minimum atomic E-state index is -0.337. The van der Waals surface area contributed by atoms with Gasteiger partial charge in [-0.2, -0.15) is 0 Å². The lowest BCUT2D eigenvalue weighted by Crippen LogP contribution is -2.36. The summed E-state index contributed by atoms with van der Waals surface area (Å²) in [6, 6.07) is 17.2. The number of carbonyl (C=O) groups excluding carboxylic acids is 1. The normalized spacial score (nSPS) is 11.8. The number of ether oxygens (including phenoxy) is 1. The maximum Gasteiger partial charge on any atom is 0.224 e. The standard InChI is InChI=1S/C27H28Cl4N2O2/c1-17-12-23(29)26(24(30)13-17)35-11-3-4-18-7-9-19(10-8-18)14-21(15-32)27(34)33-16-20-5-2-6-22(28)25(20)31/h2,5-10,12-13,21H,3-4,11,14-16,32H2,1H3,(H,33,34). The van der Waals surface area contributed by atoms with E-state index < -0.39 is 0 Å². The molecule has 0 aliphatic carbocycles. The molecule has 0 saturated carbocycles. The summed E-state index contributed by atoms with van der Waals surface area (Å²) in [5.41, 5.74) is 9.89. The zero-order valence-corrected chi connectivity index (χ0v) is 22.4. The fourth-order valence-corrected chi connectivity index (χ4v) is 4.79. The zero-order valence-electron chi connectivity index (χ0n) is 19.4. The molecule has 4 nitrogen and oxygen atoms in total. The topological polar surface area (TPSA) is 64.3 Å². The van der Waals surface area contributed by atoms with E-state index >= 15 is 0 Å². The molecule has 1 atom stereocenters. The highest BCUT2D eigenvalue weighted by Gasteiger charge is 2.18. The third kappa shape index (κ3) is 8.03. The van der Waals surface area contributed by atoms with Crippen molar-refractivity contribution in [3.8, 4) is 5.75 Å². The van der Waals surface area contributed by atoms with Gasteiger partial charge >= 0.3 is 0 Å². The molecule has 186 valence electrons. The third-order valence-corrected chi connectivity index (χ3v) is 7.06. The highest BCUT2D eigenvalue weighted by atomic mass is 35.5. The van der Waals surface area contributed by atoms with Gasteiger partial charge in [0, 0.05) is 13.1 Å². The second-order valence-electron chi connectivity index (χ2n) is 8.39. The lowest BCUT2D eigenvalue weighted by molar-refractivity contribution is -0.124. The Kier molecular flexibility index (Phi) is 10.6. The number of hydrogen-bond donors (Lipinski definition) is 2. The van der Waals surface area contributed by atoms with E-state index in [0.29, 0.717) is 45.4 Å². The van der Waals surface area contributed by atoms with Gasteiger partial charge in [-0.1, -0.05) is 82.8 Å². The Labute approximate surface area is 226 Å². The molecular weight excluding hydrogens is 526 g/mol. The Morgan fingerprint density at radius 1 is 0.971 bits per heavy atom. The van der Waals surface area contributed by atoms with Crippen molar-refractivity contribution >= 4 is 52.3 Å². The van der Waals surface area contributed by atoms with E-state index in [1.165, 1.54) is 5.56 Å². The van der Waals surface area contributed by atoms with Crippen LogP contribution < -0.4 is 15.8 Å². The van der Waals surface area contributed by atoms with Crippen molar-refractivity contribution in [2.45, 2.75) is 32.7 Å². The third-order valence-electron chi connectivity index (χ3n) is 5.64. The molecule has 3 aromatic carbocycles. The fourth-order valence-electron chi connectivity index (χ4n) is 3.70. The number of amides is 1. The van der Waals surface area contributed by atoms with Crippen molar-refractivity contribution < 1.29 is 9.53 Å². The van der Waals surface area contributed by atoms with E-state index in [4.69, 9.17) is 56.9 Å². The highest BCUT2D eigenvalue weighted by molar-refractivity contribution is 6.42. The maximum absolute atomic E-state index is 12.7. The van der Waals surface area contributed by atoms with E-state index in [1.54, 1.807) is 12.1 Å². The van der Waals surface area contributed by atoms with Gasteiger partial charge in [-0.05, 0) is 66.6 Å².